The van der Waals surface area contributed by atoms with Crippen LogP contribution in [-0.2, 0) is 20.9 Å². The Bertz CT molecular complexity index is 557. The molecule has 124 valence electrons. The number of hydrogen-bond acceptors (Lipinski definition) is 4. The Balaban J connectivity index is 1.85. The molecular formula is C19H25NO3. The summed E-state index contributed by atoms with van der Waals surface area (Å²) in [6.45, 7) is 2.92. The molecule has 0 bridgehead atoms. The zero-order chi connectivity index (χ0) is 16.2. The van der Waals surface area contributed by atoms with Gasteiger partial charge < -0.3 is 4.74 Å². The minimum absolute atomic E-state index is 0.00406. The number of carbonyl (C=O) groups excluding carboxylic acids is 2. The Labute approximate surface area is 137 Å². The van der Waals surface area contributed by atoms with Crippen LogP contribution >= 0.6 is 0 Å². The highest BCUT2D eigenvalue weighted by atomic mass is 16.5. The lowest BCUT2D eigenvalue weighted by Gasteiger charge is -2.29. The molecule has 3 rings (SSSR count). The molecule has 1 heterocycles. The second kappa shape index (κ2) is 7.26. The summed E-state index contributed by atoms with van der Waals surface area (Å²) in [5.41, 5.74) is 1.18. The van der Waals surface area contributed by atoms with Crippen molar-refractivity contribution in [2.75, 3.05) is 6.61 Å². The van der Waals surface area contributed by atoms with E-state index >= 15 is 0 Å². The lowest BCUT2D eigenvalue weighted by atomic mass is 9.93. The van der Waals surface area contributed by atoms with E-state index in [0.29, 0.717) is 31.8 Å². The number of benzene rings is 1. The highest BCUT2D eigenvalue weighted by molar-refractivity contribution is 5.85. The molecule has 0 N–H and O–H groups in total. The van der Waals surface area contributed by atoms with Gasteiger partial charge in [0.25, 0.3) is 0 Å². The fourth-order valence-corrected chi connectivity index (χ4v) is 4.04. The molecule has 0 radical (unpaired) electrons. The first-order valence-electron chi connectivity index (χ1n) is 8.69. The van der Waals surface area contributed by atoms with Crippen LogP contribution in [0.15, 0.2) is 30.3 Å². The van der Waals surface area contributed by atoms with Crippen molar-refractivity contribution in [3.63, 3.8) is 0 Å². The smallest absolute Gasteiger partial charge is 0.323 e. The number of ether oxygens (including phenoxy) is 1. The summed E-state index contributed by atoms with van der Waals surface area (Å²) in [6, 6.07) is 10.1. The highest BCUT2D eigenvalue weighted by Crippen LogP contribution is 2.38. The number of Topliss-reactive ketones (excluding diaryl/α,β-unsaturated/α-hetero) is 1. The molecule has 1 aliphatic heterocycles. The van der Waals surface area contributed by atoms with Crippen LogP contribution in [0.1, 0.15) is 44.6 Å². The van der Waals surface area contributed by atoms with Gasteiger partial charge in [0.15, 0.2) is 0 Å². The fraction of sp³-hybridized carbons (Fsp3) is 0.579. The van der Waals surface area contributed by atoms with Crippen molar-refractivity contribution in [1.82, 2.24) is 4.90 Å². The Hall–Kier alpha value is -1.68. The van der Waals surface area contributed by atoms with Gasteiger partial charge in [-0.1, -0.05) is 36.8 Å². The normalized spacial score (nSPS) is 28.2. The number of fused-ring (bicyclic) bond motifs is 1. The second-order valence-electron chi connectivity index (χ2n) is 6.55. The van der Waals surface area contributed by atoms with Crippen LogP contribution in [-0.4, -0.2) is 35.3 Å². The third kappa shape index (κ3) is 3.47. The zero-order valence-electron chi connectivity index (χ0n) is 13.7. The standard InChI is InChI=1S/C19H25NO3/c1-2-23-19(22)17-12-15-16(10-6-7-11-18(15)21)20(17)13-14-8-4-3-5-9-14/h3-5,8-9,15-17H,2,6-7,10-13H2,1H3/t15-,16+,17+/m1/s1. The summed E-state index contributed by atoms with van der Waals surface area (Å²) < 4.78 is 5.27. The van der Waals surface area contributed by atoms with Crippen LogP contribution in [0.25, 0.3) is 0 Å². The van der Waals surface area contributed by atoms with Gasteiger partial charge in [-0.15, -0.1) is 0 Å². The first kappa shape index (κ1) is 16.2. The molecule has 23 heavy (non-hydrogen) atoms. The SMILES string of the molecule is CCOC(=O)[C@@H]1C[C@H]2C(=O)CCCC[C@@H]2N1Cc1ccccc1. The van der Waals surface area contributed by atoms with Crippen molar-refractivity contribution < 1.29 is 14.3 Å². The van der Waals surface area contributed by atoms with Gasteiger partial charge >= 0.3 is 5.97 Å². The van der Waals surface area contributed by atoms with E-state index < -0.39 is 0 Å². The molecule has 1 aliphatic carbocycles. The maximum atomic E-state index is 12.4. The average molecular weight is 315 g/mol. The predicted molar refractivity (Wildman–Crippen MR) is 87.8 cm³/mol. The molecule has 0 spiro atoms. The molecule has 0 aromatic heterocycles. The molecule has 2 fully saturated rings. The minimum atomic E-state index is -0.285. The first-order valence-corrected chi connectivity index (χ1v) is 8.69. The largest absolute Gasteiger partial charge is 0.465 e. The summed E-state index contributed by atoms with van der Waals surface area (Å²) in [5.74, 6) is 0.150. The van der Waals surface area contributed by atoms with Crippen LogP contribution in [0, 0.1) is 5.92 Å². The van der Waals surface area contributed by atoms with Gasteiger partial charge in [0.1, 0.15) is 11.8 Å². The van der Waals surface area contributed by atoms with E-state index in [1.54, 1.807) is 0 Å². The average Bonchev–Trinajstić information content (AvgIpc) is 2.81. The molecule has 1 aromatic carbocycles. The minimum Gasteiger partial charge on any atom is -0.465 e. The van der Waals surface area contributed by atoms with Crippen molar-refractivity contribution in [2.45, 2.75) is 57.7 Å². The zero-order valence-corrected chi connectivity index (χ0v) is 13.7. The van der Waals surface area contributed by atoms with Crippen molar-refractivity contribution >= 4 is 11.8 Å². The van der Waals surface area contributed by atoms with Crippen LogP contribution in [0.3, 0.4) is 0 Å². The highest BCUT2D eigenvalue weighted by Gasteiger charge is 2.47. The predicted octanol–water partition coefficient (Wildman–Crippen LogP) is 2.95. The number of carbonyl (C=O) groups is 2. The van der Waals surface area contributed by atoms with Gasteiger partial charge in [0, 0.05) is 24.9 Å². The number of likely N-dealkylation sites (tertiary alicyclic amines) is 1. The molecule has 1 aromatic rings. The molecule has 2 aliphatic rings. The van der Waals surface area contributed by atoms with Gasteiger partial charge in [-0.3, -0.25) is 14.5 Å². The van der Waals surface area contributed by atoms with E-state index in [-0.39, 0.29) is 24.0 Å². The van der Waals surface area contributed by atoms with Crippen molar-refractivity contribution in [2.24, 2.45) is 5.92 Å². The first-order chi connectivity index (χ1) is 11.2. The Morgan fingerprint density at radius 1 is 1.26 bits per heavy atom. The van der Waals surface area contributed by atoms with Gasteiger partial charge in [0.2, 0.25) is 0 Å². The molecular weight excluding hydrogens is 290 g/mol. The fourth-order valence-electron chi connectivity index (χ4n) is 4.04. The molecule has 1 saturated heterocycles. The van der Waals surface area contributed by atoms with Gasteiger partial charge in [-0.05, 0) is 31.7 Å². The van der Waals surface area contributed by atoms with Crippen molar-refractivity contribution in [3.05, 3.63) is 35.9 Å². The Morgan fingerprint density at radius 3 is 2.78 bits per heavy atom. The summed E-state index contributed by atoms with van der Waals surface area (Å²) in [6.07, 6.45) is 4.33. The van der Waals surface area contributed by atoms with Gasteiger partial charge in [-0.2, -0.15) is 0 Å². The maximum absolute atomic E-state index is 12.4. The van der Waals surface area contributed by atoms with Crippen molar-refractivity contribution in [1.29, 1.82) is 0 Å². The Morgan fingerprint density at radius 2 is 2.04 bits per heavy atom. The third-order valence-electron chi connectivity index (χ3n) is 5.12. The van der Waals surface area contributed by atoms with Gasteiger partial charge in [-0.25, -0.2) is 0 Å². The van der Waals surface area contributed by atoms with E-state index in [4.69, 9.17) is 4.74 Å². The molecule has 1 saturated carbocycles. The Kier molecular flexibility index (Phi) is 5.11. The van der Waals surface area contributed by atoms with Gasteiger partial charge in [0.05, 0.1) is 6.61 Å². The molecule has 0 amide bonds. The molecule has 3 atom stereocenters. The van der Waals surface area contributed by atoms with Crippen LogP contribution in [0.4, 0.5) is 0 Å². The molecule has 0 unspecified atom stereocenters. The number of rotatable bonds is 4. The van der Waals surface area contributed by atoms with Crippen LogP contribution in [0.5, 0.6) is 0 Å². The maximum Gasteiger partial charge on any atom is 0.323 e. The number of hydrogen-bond donors (Lipinski definition) is 0. The van der Waals surface area contributed by atoms with Crippen LogP contribution < -0.4 is 0 Å². The van der Waals surface area contributed by atoms with E-state index in [1.165, 1.54) is 5.56 Å². The monoisotopic (exact) mass is 315 g/mol. The number of nitrogens with zero attached hydrogens (tertiary/aromatic N) is 1. The number of ketones is 1. The van der Waals surface area contributed by atoms with E-state index in [9.17, 15) is 9.59 Å². The third-order valence-corrected chi connectivity index (χ3v) is 5.12. The quantitative estimate of drug-likeness (QED) is 0.802. The second-order valence-corrected chi connectivity index (χ2v) is 6.55. The van der Waals surface area contributed by atoms with E-state index in [1.807, 2.05) is 25.1 Å². The topological polar surface area (TPSA) is 46.6 Å². The lowest BCUT2D eigenvalue weighted by Crippen LogP contribution is -2.42. The summed E-state index contributed by atoms with van der Waals surface area (Å²) in [4.78, 5) is 27.1. The van der Waals surface area contributed by atoms with Crippen molar-refractivity contribution in [3.8, 4) is 0 Å². The number of esters is 1. The molecule has 4 nitrogen and oxygen atoms in total. The van der Waals surface area contributed by atoms with E-state index in [0.717, 1.165) is 19.3 Å². The van der Waals surface area contributed by atoms with Crippen LogP contribution in [0.2, 0.25) is 0 Å². The summed E-state index contributed by atoms with van der Waals surface area (Å²) >= 11 is 0. The van der Waals surface area contributed by atoms with E-state index in [2.05, 4.69) is 17.0 Å². The summed E-state index contributed by atoms with van der Waals surface area (Å²) in [5, 5.41) is 0. The summed E-state index contributed by atoms with van der Waals surface area (Å²) in [7, 11) is 0. The lowest BCUT2D eigenvalue weighted by molar-refractivity contribution is -0.149. The molecule has 4 heteroatoms.